The molecular formula is C10H15N3O2. The van der Waals surface area contributed by atoms with Gasteiger partial charge in [-0.25, -0.2) is 4.98 Å². The first-order chi connectivity index (χ1) is 7.16. The number of carboxylic acid groups (broad SMARTS) is 1. The monoisotopic (exact) mass is 209 g/mol. The maximum Gasteiger partial charge on any atom is 0.303 e. The predicted octanol–water partition coefficient (Wildman–Crippen LogP) is 0.693. The standard InChI is InChI=1S/C10H15N3O2/c1-12-5-8-9(6-12)13(7-11-8)4-2-3-10(14)15/h7H,2-6H2,1H3,(H,14,15). The molecule has 0 bridgehead atoms. The largest absolute Gasteiger partial charge is 0.481 e. The number of hydrogen-bond donors (Lipinski definition) is 1. The zero-order valence-corrected chi connectivity index (χ0v) is 8.81. The second-order valence-electron chi connectivity index (χ2n) is 4.00. The quantitative estimate of drug-likeness (QED) is 0.792. The SMILES string of the molecule is CN1Cc2ncn(CCCC(=O)O)c2C1. The van der Waals surface area contributed by atoms with E-state index in [9.17, 15) is 4.79 Å². The van der Waals surface area contributed by atoms with Gasteiger partial charge in [-0.3, -0.25) is 9.69 Å². The maximum atomic E-state index is 10.4. The first-order valence-corrected chi connectivity index (χ1v) is 5.10. The van der Waals surface area contributed by atoms with Crippen molar-refractivity contribution in [3.8, 4) is 0 Å². The number of hydrogen-bond acceptors (Lipinski definition) is 3. The number of carbonyl (C=O) groups is 1. The first kappa shape index (κ1) is 10.2. The summed E-state index contributed by atoms with van der Waals surface area (Å²) in [4.78, 5) is 16.9. The molecule has 82 valence electrons. The Kier molecular flexibility index (Phi) is 2.73. The van der Waals surface area contributed by atoms with E-state index in [1.807, 2.05) is 6.33 Å². The van der Waals surface area contributed by atoms with Crippen molar-refractivity contribution in [2.75, 3.05) is 7.05 Å². The van der Waals surface area contributed by atoms with Gasteiger partial charge < -0.3 is 9.67 Å². The van der Waals surface area contributed by atoms with Crippen LogP contribution in [0, 0.1) is 0 Å². The third-order valence-corrected chi connectivity index (χ3v) is 2.66. The normalized spacial score (nSPS) is 15.5. The number of imidazole rings is 1. The van der Waals surface area contributed by atoms with E-state index in [1.165, 1.54) is 5.69 Å². The molecule has 2 rings (SSSR count). The highest BCUT2D eigenvalue weighted by molar-refractivity contribution is 5.66. The van der Waals surface area contributed by atoms with E-state index in [-0.39, 0.29) is 6.42 Å². The minimum atomic E-state index is -0.733. The second-order valence-corrected chi connectivity index (χ2v) is 4.00. The topological polar surface area (TPSA) is 58.4 Å². The number of rotatable bonds is 4. The Labute approximate surface area is 88.3 Å². The van der Waals surface area contributed by atoms with E-state index >= 15 is 0 Å². The summed E-state index contributed by atoms with van der Waals surface area (Å²) in [6, 6.07) is 0. The van der Waals surface area contributed by atoms with Gasteiger partial charge in [0.1, 0.15) is 0 Å². The average Bonchev–Trinajstić information content (AvgIpc) is 2.65. The maximum absolute atomic E-state index is 10.4. The van der Waals surface area contributed by atoms with Gasteiger partial charge in [0, 0.05) is 26.1 Å². The number of nitrogens with zero attached hydrogens (tertiary/aromatic N) is 3. The minimum Gasteiger partial charge on any atom is -0.481 e. The summed E-state index contributed by atoms with van der Waals surface area (Å²) in [6.45, 7) is 2.58. The summed E-state index contributed by atoms with van der Waals surface area (Å²) in [5, 5.41) is 8.54. The van der Waals surface area contributed by atoms with Crippen LogP contribution in [0.2, 0.25) is 0 Å². The van der Waals surface area contributed by atoms with Gasteiger partial charge in [0.25, 0.3) is 0 Å². The minimum absolute atomic E-state index is 0.225. The molecule has 1 aromatic rings. The summed E-state index contributed by atoms with van der Waals surface area (Å²) in [7, 11) is 2.06. The first-order valence-electron chi connectivity index (χ1n) is 5.10. The van der Waals surface area contributed by atoms with Crippen LogP contribution in [-0.2, 0) is 24.4 Å². The predicted molar refractivity (Wildman–Crippen MR) is 54.3 cm³/mol. The van der Waals surface area contributed by atoms with Gasteiger partial charge in [-0.05, 0) is 13.5 Å². The van der Waals surface area contributed by atoms with Gasteiger partial charge in [0.05, 0.1) is 17.7 Å². The molecule has 1 aromatic heterocycles. The van der Waals surface area contributed by atoms with Crippen molar-refractivity contribution in [1.82, 2.24) is 14.5 Å². The highest BCUT2D eigenvalue weighted by Crippen LogP contribution is 2.19. The van der Waals surface area contributed by atoms with E-state index in [4.69, 9.17) is 5.11 Å². The van der Waals surface area contributed by atoms with E-state index < -0.39 is 5.97 Å². The third-order valence-electron chi connectivity index (χ3n) is 2.66. The van der Waals surface area contributed by atoms with Crippen LogP contribution < -0.4 is 0 Å². The number of aryl methyl sites for hydroxylation is 1. The molecule has 0 saturated heterocycles. The molecule has 0 saturated carbocycles. The fourth-order valence-corrected chi connectivity index (χ4v) is 1.92. The van der Waals surface area contributed by atoms with Crippen LogP contribution in [0.25, 0.3) is 0 Å². The van der Waals surface area contributed by atoms with E-state index in [0.29, 0.717) is 6.42 Å². The lowest BCUT2D eigenvalue weighted by atomic mass is 10.3. The molecule has 0 amide bonds. The Hall–Kier alpha value is -1.36. The van der Waals surface area contributed by atoms with Crippen LogP contribution in [0.5, 0.6) is 0 Å². The average molecular weight is 209 g/mol. The summed E-state index contributed by atoms with van der Waals surface area (Å²) in [5.74, 6) is -0.733. The fraction of sp³-hybridized carbons (Fsp3) is 0.600. The molecule has 5 heteroatoms. The molecule has 0 aliphatic carbocycles. The lowest BCUT2D eigenvalue weighted by Gasteiger charge is -2.08. The molecule has 1 N–H and O–H groups in total. The zero-order valence-electron chi connectivity index (χ0n) is 8.81. The lowest BCUT2D eigenvalue weighted by molar-refractivity contribution is -0.137. The van der Waals surface area contributed by atoms with Gasteiger partial charge >= 0.3 is 5.97 Å². The molecule has 5 nitrogen and oxygen atoms in total. The Morgan fingerprint density at radius 1 is 1.60 bits per heavy atom. The smallest absolute Gasteiger partial charge is 0.303 e. The van der Waals surface area contributed by atoms with Crippen molar-refractivity contribution in [3.05, 3.63) is 17.7 Å². The van der Waals surface area contributed by atoms with Crippen LogP contribution in [0.15, 0.2) is 6.33 Å². The fourth-order valence-electron chi connectivity index (χ4n) is 1.92. The highest BCUT2D eigenvalue weighted by atomic mass is 16.4. The number of fused-ring (bicyclic) bond motifs is 1. The van der Waals surface area contributed by atoms with Crippen LogP contribution in [0.1, 0.15) is 24.2 Å². The second kappa shape index (κ2) is 4.02. The van der Waals surface area contributed by atoms with Crippen LogP contribution >= 0.6 is 0 Å². The number of carboxylic acids is 1. The summed E-state index contributed by atoms with van der Waals surface area (Å²) >= 11 is 0. The Morgan fingerprint density at radius 2 is 2.40 bits per heavy atom. The van der Waals surface area contributed by atoms with Crippen molar-refractivity contribution in [2.45, 2.75) is 32.5 Å². The van der Waals surface area contributed by atoms with Crippen molar-refractivity contribution in [2.24, 2.45) is 0 Å². The van der Waals surface area contributed by atoms with Crippen molar-refractivity contribution >= 4 is 5.97 Å². The molecule has 0 aromatic carbocycles. The summed E-state index contributed by atoms with van der Waals surface area (Å²) in [6.07, 6.45) is 2.71. The molecule has 0 fully saturated rings. The lowest BCUT2D eigenvalue weighted by Crippen LogP contribution is -2.11. The van der Waals surface area contributed by atoms with Crippen molar-refractivity contribution in [1.29, 1.82) is 0 Å². The Morgan fingerprint density at radius 3 is 3.13 bits per heavy atom. The molecule has 1 aliphatic rings. The molecule has 0 radical (unpaired) electrons. The Bertz CT molecular complexity index is 373. The molecule has 1 aliphatic heterocycles. The molecule has 0 unspecified atom stereocenters. The van der Waals surface area contributed by atoms with Gasteiger partial charge in [-0.2, -0.15) is 0 Å². The summed E-state index contributed by atoms with van der Waals surface area (Å²) in [5.41, 5.74) is 2.37. The molecule has 0 spiro atoms. The van der Waals surface area contributed by atoms with Crippen LogP contribution in [-0.4, -0.2) is 32.6 Å². The zero-order chi connectivity index (χ0) is 10.8. The third kappa shape index (κ3) is 2.18. The number of aromatic nitrogens is 2. The van der Waals surface area contributed by atoms with Crippen LogP contribution in [0.3, 0.4) is 0 Å². The number of aliphatic carboxylic acids is 1. The van der Waals surface area contributed by atoms with E-state index in [1.54, 1.807) is 0 Å². The van der Waals surface area contributed by atoms with Gasteiger partial charge in [-0.1, -0.05) is 0 Å². The summed E-state index contributed by atoms with van der Waals surface area (Å²) < 4.78 is 2.07. The van der Waals surface area contributed by atoms with E-state index in [0.717, 1.165) is 25.3 Å². The van der Waals surface area contributed by atoms with Crippen molar-refractivity contribution in [3.63, 3.8) is 0 Å². The molecule has 15 heavy (non-hydrogen) atoms. The van der Waals surface area contributed by atoms with Gasteiger partial charge in [-0.15, -0.1) is 0 Å². The van der Waals surface area contributed by atoms with Crippen LogP contribution in [0.4, 0.5) is 0 Å². The highest BCUT2D eigenvalue weighted by Gasteiger charge is 2.20. The van der Waals surface area contributed by atoms with Gasteiger partial charge in [0.15, 0.2) is 0 Å². The molecular weight excluding hydrogens is 194 g/mol. The molecule has 0 atom stereocenters. The van der Waals surface area contributed by atoms with E-state index in [2.05, 4.69) is 21.5 Å². The molecule has 2 heterocycles. The van der Waals surface area contributed by atoms with Crippen molar-refractivity contribution < 1.29 is 9.90 Å². The van der Waals surface area contributed by atoms with Gasteiger partial charge in [0.2, 0.25) is 0 Å². The Balaban J connectivity index is 1.96.